The number of nitrogen functional groups attached to an aromatic ring is 1. The molecule has 19 heteroatoms. The van der Waals surface area contributed by atoms with Gasteiger partial charge in [0, 0.05) is 23.1 Å². The van der Waals surface area contributed by atoms with Crippen LogP contribution in [0.25, 0.3) is 6.20 Å². The molecular weight excluding hydrogens is 611 g/mol. The smallest absolute Gasteiger partial charge is 0.352 e. The summed E-state index contributed by atoms with van der Waals surface area (Å²) in [6.45, 7) is 0. The number of hydrogen-bond donors (Lipinski definition) is 4. The number of β-lactam (4-membered cyclic amide) rings is 1. The number of nitrogens with two attached hydrogens (primary N) is 1. The highest BCUT2D eigenvalue weighted by Crippen LogP contribution is 2.41. The Labute approximate surface area is 249 Å². The zero-order valence-electron chi connectivity index (χ0n) is 21.5. The number of anilines is 1. The van der Waals surface area contributed by atoms with Crippen LogP contribution >= 0.6 is 34.9 Å². The maximum atomic E-state index is 13.3. The maximum absolute atomic E-state index is 13.3. The van der Waals surface area contributed by atoms with Crippen LogP contribution in [0.5, 0.6) is 0 Å². The predicted octanol–water partition coefficient (Wildman–Crippen LogP) is 0.627. The molecule has 0 aromatic carbocycles. The Hall–Kier alpha value is -4.23. The summed E-state index contributed by atoms with van der Waals surface area (Å²) in [6, 6.07) is -0.995. The molecule has 0 radical (unpaired) electrons. The van der Waals surface area contributed by atoms with Gasteiger partial charge in [-0.1, -0.05) is 29.1 Å². The number of carboxylic acids is 2. The zero-order chi connectivity index (χ0) is 29.8. The molecule has 2 aliphatic heterocycles. The first-order valence-corrected chi connectivity index (χ1v) is 15.3. The van der Waals surface area contributed by atoms with E-state index in [-0.39, 0.29) is 46.3 Å². The van der Waals surface area contributed by atoms with Crippen molar-refractivity contribution in [1.29, 1.82) is 0 Å². The van der Waals surface area contributed by atoms with E-state index in [4.69, 9.17) is 15.7 Å². The van der Waals surface area contributed by atoms with E-state index in [1.165, 1.54) is 28.7 Å². The van der Waals surface area contributed by atoms with Gasteiger partial charge in [0.2, 0.25) is 5.16 Å². The maximum Gasteiger partial charge on any atom is 0.352 e. The molecule has 220 valence electrons. The molecule has 0 bridgehead atoms. The number of tetrazole rings is 1. The number of oxime groups is 1. The highest BCUT2D eigenvalue weighted by molar-refractivity contribution is 8.01. The Kier molecular flexibility index (Phi) is 8.88. The Bertz CT molecular complexity index is 1530. The lowest BCUT2D eigenvalue weighted by Gasteiger charge is -2.49. The van der Waals surface area contributed by atoms with Crippen LogP contribution in [0.4, 0.5) is 5.13 Å². The number of thiazole rings is 1. The number of carboxylic acid groups (broad SMARTS) is 2. The Morgan fingerprint density at radius 3 is 2.86 bits per heavy atom. The molecule has 3 atom stereocenters. The fourth-order valence-corrected chi connectivity index (χ4v) is 7.09. The number of hydrogen-bond acceptors (Lipinski definition) is 14. The summed E-state index contributed by atoms with van der Waals surface area (Å²) in [4.78, 5) is 60.2. The lowest BCUT2D eigenvalue weighted by molar-refractivity contribution is -0.150. The van der Waals surface area contributed by atoms with Gasteiger partial charge in [0.15, 0.2) is 10.8 Å². The van der Waals surface area contributed by atoms with Crippen LogP contribution in [0.15, 0.2) is 45.2 Å². The number of aromatic nitrogens is 5. The van der Waals surface area contributed by atoms with Gasteiger partial charge in [-0.2, -0.15) is 4.68 Å². The molecule has 2 unspecified atom stereocenters. The second-order valence-electron chi connectivity index (χ2n) is 8.96. The Morgan fingerprint density at radius 2 is 2.17 bits per heavy atom. The first-order valence-electron chi connectivity index (χ1n) is 12.3. The predicted molar refractivity (Wildman–Crippen MR) is 152 cm³/mol. The number of rotatable bonds is 12. The molecule has 42 heavy (non-hydrogen) atoms. The van der Waals surface area contributed by atoms with E-state index in [1.54, 1.807) is 5.38 Å². The van der Waals surface area contributed by atoms with Crippen LogP contribution < -0.4 is 11.1 Å². The van der Waals surface area contributed by atoms with Gasteiger partial charge >= 0.3 is 11.9 Å². The summed E-state index contributed by atoms with van der Waals surface area (Å²) in [5, 5.41) is 38.1. The van der Waals surface area contributed by atoms with Crippen molar-refractivity contribution < 1.29 is 34.2 Å². The summed E-state index contributed by atoms with van der Waals surface area (Å²) in [5.41, 5.74) is 6.10. The standard InChI is InChI=1S/C23H23N9O7S3/c24-22-25-13(10-41-22)15(28-39-12-4-1-2-5-12)18(35)26-16-19(36)32-17(21(37)38)11(8-40-20(16)32)9-42-23-27-29-30-31(23)7-3-6-14(33)34/h1,3-4,7,10,12,16,20H,2,5-6,8-9H2,(H2,24,25)(H,26,35)(H,33,34)(H,37,38)/t12?,16?,20-/m0/s1. The first-order chi connectivity index (χ1) is 20.2. The molecule has 0 saturated carbocycles. The van der Waals surface area contributed by atoms with Gasteiger partial charge < -0.3 is 26.1 Å². The van der Waals surface area contributed by atoms with Crippen LogP contribution in [0.3, 0.4) is 0 Å². The summed E-state index contributed by atoms with van der Waals surface area (Å²) in [7, 11) is 0. The van der Waals surface area contributed by atoms with Crippen molar-refractivity contribution >= 4 is 75.7 Å². The molecule has 1 aliphatic carbocycles. The summed E-state index contributed by atoms with van der Waals surface area (Å²) in [5.74, 6) is -3.16. The molecule has 0 spiro atoms. The number of carbonyl (C=O) groups excluding carboxylic acids is 2. The third-order valence-corrected chi connectivity index (χ3v) is 9.17. The number of nitrogens with zero attached hydrogens (tertiary/aromatic N) is 7. The highest BCUT2D eigenvalue weighted by atomic mass is 32.2. The van der Waals surface area contributed by atoms with Gasteiger partial charge in [-0.3, -0.25) is 19.3 Å². The van der Waals surface area contributed by atoms with Crippen molar-refractivity contribution in [3.63, 3.8) is 0 Å². The van der Waals surface area contributed by atoms with Crippen LogP contribution in [-0.2, 0) is 24.0 Å². The average Bonchev–Trinajstić information content (AvgIpc) is 3.73. The third kappa shape index (κ3) is 6.31. The summed E-state index contributed by atoms with van der Waals surface area (Å²) < 4.78 is 1.27. The molecule has 2 amide bonds. The number of amides is 2. The van der Waals surface area contributed by atoms with E-state index in [0.717, 1.165) is 34.4 Å². The zero-order valence-corrected chi connectivity index (χ0v) is 24.0. The summed E-state index contributed by atoms with van der Waals surface area (Å²) in [6.07, 6.45) is 7.59. The van der Waals surface area contributed by atoms with E-state index in [0.29, 0.717) is 17.2 Å². The van der Waals surface area contributed by atoms with E-state index in [2.05, 4.69) is 31.0 Å². The quantitative estimate of drug-likeness (QED) is 0.0826. The molecule has 4 heterocycles. The van der Waals surface area contributed by atoms with Crippen molar-refractivity contribution in [2.24, 2.45) is 5.16 Å². The van der Waals surface area contributed by atoms with Crippen molar-refractivity contribution in [2.75, 3.05) is 17.2 Å². The number of thioether (sulfide) groups is 2. The minimum absolute atomic E-state index is 0.142. The summed E-state index contributed by atoms with van der Waals surface area (Å²) >= 11 is 3.56. The van der Waals surface area contributed by atoms with E-state index < -0.39 is 35.2 Å². The Morgan fingerprint density at radius 1 is 1.33 bits per heavy atom. The molecule has 2 aromatic heterocycles. The normalized spacial score (nSPS) is 21.9. The number of carbonyl (C=O) groups is 4. The minimum Gasteiger partial charge on any atom is -0.481 e. The third-order valence-electron chi connectivity index (χ3n) is 6.14. The van der Waals surface area contributed by atoms with Crippen LogP contribution in [0.1, 0.15) is 25.0 Å². The second kappa shape index (κ2) is 12.7. The molecule has 3 aliphatic rings. The lowest BCUT2D eigenvalue weighted by atomic mass is 10.0. The number of aliphatic carboxylic acids is 2. The van der Waals surface area contributed by atoms with Gasteiger partial charge in [-0.15, -0.1) is 28.2 Å². The molecule has 1 fully saturated rings. The fraction of sp³-hybridized carbons (Fsp3) is 0.348. The first kappa shape index (κ1) is 29.3. The van der Waals surface area contributed by atoms with Gasteiger partial charge in [0.25, 0.3) is 11.8 Å². The number of allylic oxidation sites excluding steroid dienone is 1. The lowest BCUT2D eigenvalue weighted by Crippen LogP contribution is -2.71. The van der Waals surface area contributed by atoms with Gasteiger partial charge in [0.05, 0.1) is 6.42 Å². The van der Waals surface area contributed by atoms with Crippen molar-refractivity contribution in [3.8, 4) is 0 Å². The molecule has 5 rings (SSSR count). The van der Waals surface area contributed by atoms with Crippen molar-refractivity contribution in [3.05, 3.63) is 40.6 Å². The molecule has 16 nitrogen and oxygen atoms in total. The van der Waals surface area contributed by atoms with E-state index in [9.17, 15) is 24.3 Å². The molecule has 1 saturated heterocycles. The molecule has 2 aromatic rings. The van der Waals surface area contributed by atoms with Crippen molar-refractivity contribution in [2.45, 2.75) is 41.9 Å². The van der Waals surface area contributed by atoms with Crippen LogP contribution in [0, 0.1) is 0 Å². The van der Waals surface area contributed by atoms with Gasteiger partial charge in [0.1, 0.15) is 28.9 Å². The van der Waals surface area contributed by atoms with Crippen LogP contribution in [0.2, 0.25) is 0 Å². The fourth-order valence-electron chi connectivity index (χ4n) is 4.20. The highest BCUT2D eigenvalue weighted by Gasteiger charge is 2.54. The Balaban J connectivity index is 1.28. The van der Waals surface area contributed by atoms with E-state index >= 15 is 0 Å². The second-order valence-corrected chi connectivity index (χ2v) is 11.9. The van der Waals surface area contributed by atoms with Gasteiger partial charge in [-0.05, 0) is 34.9 Å². The molecule has 5 N–H and O–H groups in total. The SMILES string of the molecule is Nc1nc(C(=NOC2C=CCC2)C(=O)NC2C(=O)N3C(C(=O)O)=C(CSc4nnnn4C=CCC(=O)O)CS[C@@H]23)cs1. The van der Waals surface area contributed by atoms with E-state index in [1.807, 2.05) is 12.2 Å². The molecular formula is C23H23N9O7S3. The average molecular weight is 634 g/mol. The number of nitrogens with one attached hydrogen (secondary N) is 1. The topological polar surface area (TPSA) is 228 Å². The largest absolute Gasteiger partial charge is 0.481 e. The number of fused-ring (bicyclic) bond motifs is 1. The minimum atomic E-state index is -1.28. The van der Waals surface area contributed by atoms with Gasteiger partial charge in [-0.25, -0.2) is 9.78 Å². The van der Waals surface area contributed by atoms with Crippen LogP contribution in [-0.4, -0.2) is 98.8 Å². The van der Waals surface area contributed by atoms with Crippen molar-refractivity contribution in [1.82, 2.24) is 35.4 Å². The monoisotopic (exact) mass is 633 g/mol.